The second-order valence-electron chi connectivity index (χ2n) is 7.57. The topological polar surface area (TPSA) is 74.7 Å². The lowest BCUT2D eigenvalue weighted by molar-refractivity contribution is -0.137. The molecule has 1 aliphatic carbocycles. The summed E-state index contributed by atoms with van der Waals surface area (Å²) < 4.78 is 26.5. The van der Waals surface area contributed by atoms with Gasteiger partial charge in [0.2, 0.25) is 10.0 Å². The first-order valence-corrected chi connectivity index (χ1v) is 8.85. The zero-order valence-electron chi connectivity index (χ0n) is 12.6. The van der Waals surface area contributed by atoms with Crippen LogP contribution >= 0.6 is 0 Å². The van der Waals surface area contributed by atoms with E-state index in [1.165, 1.54) is 0 Å². The fraction of sp³-hybridized carbons (Fsp3) is 0.929. The van der Waals surface area contributed by atoms with E-state index < -0.39 is 16.0 Å². The maximum absolute atomic E-state index is 12.4. The van der Waals surface area contributed by atoms with E-state index in [1.54, 1.807) is 4.31 Å². The van der Waals surface area contributed by atoms with Crippen LogP contribution in [0.15, 0.2) is 0 Å². The third-order valence-electron chi connectivity index (χ3n) is 4.52. The summed E-state index contributed by atoms with van der Waals surface area (Å²) in [5.74, 6) is -0.986. The maximum Gasteiger partial charge on any atom is 0.303 e. The van der Waals surface area contributed by atoms with Crippen molar-refractivity contribution in [1.82, 2.24) is 4.31 Å². The van der Waals surface area contributed by atoms with Crippen LogP contribution in [0.3, 0.4) is 0 Å². The third kappa shape index (κ3) is 3.34. The Kier molecular flexibility index (Phi) is 3.93. The molecule has 0 aromatic heterocycles. The lowest BCUT2D eigenvalue weighted by Gasteiger charge is -2.39. The number of carboxylic acid groups (broad SMARTS) is 1. The van der Waals surface area contributed by atoms with Gasteiger partial charge in [-0.3, -0.25) is 4.79 Å². The minimum absolute atomic E-state index is 0.0493. The molecular weight excluding hydrogens is 278 g/mol. The van der Waals surface area contributed by atoms with Crippen LogP contribution in [0.5, 0.6) is 0 Å². The molecule has 20 heavy (non-hydrogen) atoms. The molecule has 5 nitrogen and oxygen atoms in total. The maximum atomic E-state index is 12.4. The molecule has 0 radical (unpaired) electrons. The molecule has 1 aliphatic heterocycles. The van der Waals surface area contributed by atoms with Gasteiger partial charge in [0, 0.05) is 19.0 Å². The fourth-order valence-electron chi connectivity index (χ4n) is 4.26. The van der Waals surface area contributed by atoms with E-state index in [4.69, 9.17) is 5.11 Å². The van der Waals surface area contributed by atoms with Gasteiger partial charge >= 0.3 is 5.97 Å². The van der Waals surface area contributed by atoms with Crippen LogP contribution in [0.25, 0.3) is 0 Å². The molecule has 1 saturated heterocycles. The number of aliphatic carboxylic acids is 1. The summed E-state index contributed by atoms with van der Waals surface area (Å²) in [7, 11) is -3.33. The Labute approximate surface area is 121 Å². The number of nitrogens with zero attached hydrogens (tertiary/aromatic N) is 1. The number of sulfonamides is 1. The first-order valence-electron chi connectivity index (χ1n) is 7.24. The van der Waals surface area contributed by atoms with Crippen molar-refractivity contribution in [3.8, 4) is 0 Å². The van der Waals surface area contributed by atoms with Crippen LogP contribution in [0, 0.1) is 10.8 Å². The molecule has 1 saturated carbocycles. The van der Waals surface area contributed by atoms with Crippen molar-refractivity contribution in [2.75, 3.05) is 12.3 Å². The molecule has 2 rings (SSSR count). The minimum Gasteiger partial charge on any atom is -0.481 e. The number of carbonyl (C=O) groups is 1. The molecule has 6 heteroatoms. The second kappa shape index (κ2) is 4.98. The van der Waals surface area contributed by atoms with Crippen LogP contribution in [0.2, 0.25) is 0 Å². The summed E-state index contributed by atoms with van der Waals surface area (Å²) in [6.45, 7) is 7.18. The van der Waals surface area contributed by atoms with Gasteiger partial charge in [-0.2, -0.15) is 4.31 Å². The first kappa shape index (κ1) is 15.8. The predicted molar refractivity (Wildman–Crippen MR) is 76.9 cm³/mol. The van der Waals surface area contributed by atoms with Crippen LogP contribution < -0.4 is 0 Å². The van der Waals surface area contributed by atoms with Gasteiger partial charge in [-0.05, 0) is 36.5 Å². The van der Waals surface area contributed by atoms with Crippen molar-refractivity contribution >= 4 is 16.0 Å². The van der Waals surface area contributed by atoms with Crippen LogP contribution in [0.4, 0.5) is 0 Å². The number of rotatable bonds is 5. The molecule has 2 unspecified atom stereocenters. The number of carboxylic acids is 1. The molecule has 0 aromatic rings. The zero-order valence-corrected chi connectivity index (χ0v) is 13.4. The van der Waals surface area contributed by atoms with Gasteiger partial charge in [0.1, 0.15) is 0 Å². The average molecular weight is 303 g/mol. The van der Waals surface area contributed by atoms with Gasteiger partial charge in [-0.15, -0.1) is 0 Å². The van der Waals surface area contributed by atoms with Crippen molar-refractivity contribution in [2.24, 2.45) is 10.8 Å². The summed E-state index contributed by atoms with van der Waals surface area (Å²) in [4.78, 5) is 10.5. The Bertz CT molecular complexity index is 499. The molecule has 2 fully saturated rings. The van der Waals surface area contributed by atoms with E-state index in [0.717, 1.165) is 19.3 Å². The van der Waals surface area contributed by atoms with E-state index in [-0.39, 0.29) is 35.5 Å². The molecule has 0 amide bonds. The largest absolute Gasteiger partial charge is 0.481 e. The highest BCUT2D eigenvalue weighted by molar-refractivity contribution is 7.89. The monoisotopic (exact) mass is 303 g/mol. The molecular formula is C14H25NO4S. The minimum atomic E-state index is -3.33. The Morgan fingerprint density at radius 1 is 1.30 bits per heavy atom. The first-order chi connectivity index (χ1) is 9.03. The lowest BCUT2D eigenvalue weighted by Crippen LogP contribution is -2.38. The SMILES string of the molecule is CC1(C)CC2CC(C)(CN2S(=O)(=O)CCCC(=O)O)C1. The molecule has 116 valence electrons. The quantitative estimate of drug-likeness (QED) is 0.844. The molecule has 0 aromatic carbocycles. The van der Waals surface area contributed by atoms with E-state index in [0.29, 0.717) is 6.54 Å². The van der Waals surface area contributed by atoms with E-state index >= 15 is 0 Å². The Morgan fingerprint density at radius 2 is 1.95 bits per heavy atom. The highest BCUT2D eigenvalue weighted by Crippen LogP contribution is 2.53. The van der Waals surface area contributed by atoms with Gasteiger partial charge in [0.15, 0.2) is 0 Å². The lowest BCUT2D eigenvalue weighted by atomic mass is 9.65. The van der Waals surface area contributed by atoms with Crippen molar-refractivity contribution < 1.29 is 18.3 Å². The summed E-state index contributed by atoms with van der Waals surface area (Å²) in [5, 5.41) is 8.63. The van der Waals surface area contributed by atoms with E-state index in [1.807, 2.05) is 0 Å². The van der Waals surface area contributed by atoms with Gasteiger partial charge in [0.25, 0.3) is 0 Å². The van der Waals surface area contributed by atoms with E-state index in [9.17, 15) is 13.2 Å². The predicted octanol–water partition coefficient (Wildman–Crippen LogP) is 2.08. The molecule has 2 bridgehead atoms. The van der Waals surface area contributed by atoms with Gasteiger partial charge < -0.3 is 5.11 Å². The van der Waals surface area contributed by atoms with Gasteiger partial charge in [0.05, 0.1) is 5.75 Å². The Morgan fingerprint density at radius 3 is 2.55 bits per heavy atom. The van der Waals surface area contributed by atoms with E-state index in [2.05, 4.69) is 20.8 Å². The van der Waals surface area contributed by atoms with Gasteiger partial charge in [-0.1, -0.05) is 20.8 Å². The molecule has 1 N–H and O–H groups in total. The fourth-order valence-corrected chi connectivity index (χ4v) is 6.11. The Hall–Kier alpha value is -0.620. The smallest absolute Gasteiger partial charge is 0.303 e. The third-order valence-corrected chi connectivity index (χ3v) is 6.46. The van der Waals surface area contributed by atoms with Crippen molar-refractivity contribution in [3.05, 3.63) is 0 Å². The standard InChI is InChI=1S/C14H25NO4S/c1-13(2)7-11-8-14(3,9-13)10-15(11)20(18,19)6-4-5-12(16)17/h11H,4-10H2,1-3H3,(H,16,17). The van der Waals surface area contributed by atoms with Gasteiger partial charge in [-0.25, -0.2) is 8.42 Å². The second-order valence-corrected chi connectivity index (χ2v) is 9.61. The number of fused-ring (bicyclic) bond motifs is 2. The summed E-state index contributed by atoms with van der Waals surface area (Å²) >= 11 is 0. The number of hydrogen-bond donors (Lipinski definition) is 1. The molecule has 2 aliphatic rings. The summed E-state index contributed by atoms with van der Waals surface area (Å²) in [6.07, 6.45) is 3.01. The summed E-state index contributed by atoms with van der Waals surface area (Å²) in [6, 6.07) is 0.0959. The van der Waals surface area contributed by atoms with Crippen LogP contribution in [-0.4, -0.2) is 42.1 Å². The average Bonchev–Trinajstić information content (AvgIpc) is 2.47. The molecule has 2 atom stereocenters. The summed E-state index contributed by atoms with van der Waals surface area (Å²) in [5.41, 5.74) is 0.259. The highest BCUT2D eigenvalue weighted by Gasteiger charge is 2.52. The number of hydrogen-bond acceptors (Lipinski definition) is 3. The highest BCUT2D eigenvalue weighted by atomic mass is 32.2. The van der Waals surface area contributed by atoms with Crippen molar-refractivity contribution in [1.29, 1.82) is 0 Å². The molecule has 0 spiro atoms. The molecule has 1 heterocycles. The zero-order chi connectivity index (χ0) is 15.2. The normalized spacial score (nSPS) is 33.2. The van der Waals surface area contributed by atoms with Crippen molar-refractivity contribution in [3.63, 3.8) is 0 Å². The Balaban J connectivity index is 2.08. The van der Waals surface area contributed by atoms with Crippen LogP contribution in [-0.2, 0) is 14.8 Å². The van der Waals surface area contributed by atoms with Crippen molar-refractivity contribution in [2.45, 2.75) is 58.9 Å². The van der Waals surface area contributed by atoms with Crippen LogP contribution in [0.1, 0.15) is 52.9 Å².